The molecule has 0 bridgehead atoms. The van der Waals surface area contributed by atoms with Crippen LogP contribution in [0.15, 0.2) is 42.6 Å². The lowest BCUT2D eigenvalue weighted by molar-refractivity contribution is 0.102. The first kappa shape index (κ1) is 19.7. The van der Waals surface area contributed by atoms with Crippen LogP contribution >= 0.6 is 0 Å². The summed E-state index contributed by atoms with van der Waals surface area (Å²) in [5.74, 6) is -0.907. The number of nitrogens with zero attached hydrogens (tertiary/aromatic N) is 2. The fourth-order valence-electron chi connectivity index (χ4n) is 2.94. The zero-order valence-corrected chi connectivity index (χ0v) is 16.2. The summed E-state index contributed by atoms with van der Waals surface area (Å²) in [7, 11) is 0. The average Bonchev–Trinajstić information content (AvgIpc) is 2.69. The SMILES string of the molecule is CCCCCCOc1cccc(NC(=O)c2nc3cccnc3cc2C)c1F. The number of hydrogen-bond acceptors (Lipinski definition) is 4. The third-order valence-electron chi connectivity index (χ3n) is 4.46. The summed E-state index contributed by atoms with van der Waals surface area (Å²) in [6, 6.07) is 10.1. The molecule has 3 aromatic rings. The van der Waals surface area contributed by atoms with Gasteiger partial charge in [-0.25, -0.2) is 9.37 Å². The van der Waals surface area contributed by atoms with Crippen molar-refractivity contribution in [3.05, 3.63) is 59.7 Å². The minimum absolute atomic E-state index is 0.0727. The highest BCUT2D eigenvalue weighted by Gasteiger charge is 2.16. The Labute approximate surface area is 164 Å². The van der Waals surface area contributed by atoms with Crippen molar-refractivity contribution in [2.75, 3.05) is 11.9 Å². The van der Waals surface area contributed by atoms with E-state index in [9.17, 15) is 9.18 Å². The number of benzene rings is 1. The number of aromatic nitrogens is 2. The molecule has 0 aliphatic carbocycles. The summed E-state index contributed by atoms with van der Waals surface area (Å²) in [6.07, 6.45) is 5.87. The molecule has 0 spiro atoms. The number of pyridine rings is 2. The number of fused-ring (bicyclic) bond motifs is 1. The third-order valence-corrected chi connectivity index (χ3v) is 4.46. The van der Waals surface area contributed by atoms with Crippen LogP contribution < -0.4 is 10.1 Å². The lowest BCUT2D eigenvalue weighted by Crippen LogP contribution is -2.16. The molecule has 6 heteroatoms. The van der Waals surface area contributed by atoms with E-state index in [1.807, 2.05) is 0 Å². The van der Waals surface area contributed by atoms with Crippen LogP contribution in [0.25, 0.3) is 11.0 Å². The Morgan fingerprint density at radius 3 is 2.82 bits per heavy atom. The minimum Gasteiger partial charge on any atom is -0.490 e. The van der Waals surface area contributed by atoms with E-state index in [0.717, 1.165) is 25.7 Å². The van der Waals surface area contributed by atoms with Gasteiger partial charge in [0.15, 0.2) is 11.6 Å². The van der Waals surface area contributed by atoms with Crippen LogP contribution in [0.5, 0.6) is 5.75 Å². The molecule has 146 valence electrons. The van der Waals surface area contributed by atoms with Crippen LogP contribution in [0.2, 0.25) is 0 Å². The van der Waals surface area contributed by atoms with E-state index in [2.05, 4.69) is 22.2 Å². The van der Waals surface area contributed by atoms with E-state index in [-0.39, 0.29) is 17.1 Å². The number of nitrogens with one attached hydrogen (secondary N) is 1. The van der Waals surface area contributed by atoms with Gasteiger partial charge in [0.05, 0.1) is 23.3 Å². The summed E-state index contributed by atoms with van der Waals surface area (Å²) >= 11 is 0. The van der Waals surface area contributed by atoms with Crippen molar-refractivity contribution in [3.8, 4) is 5.75 Å². The molecular weight excluding hydrogens is 357 g/mol. The fraction of sp³-hybridized carbons (Fsp3) is 0.318. The zero-order valence-electron chi connectivity index (χ0n) is 16.2. The highest BCUT2D eigenvalue weighted by molar-refractivity contribution is 6.05. The molecule has 1 aromatic carbocycles. The quantitative estimate of drug-likeness (QED) is 0.539. The number of ether oxygens (including phenoxy) is 1. The molecule has 1 amide bonds. The van der Waals surface area contributed by atoms with Crippen molar-refractivity contribution in [2.45, 2.75) is 39.5 Å². The molecule has 0 fully saturated rings. The number of rotatable bonds is 8. The molecule has 3 rings (SSSR count). The Morgan fingerprint density at radius 1 is 1.14 bits per heavy atom. The Balaban J connectivity index is 1.73. The molecule has 1 N–H and O–H groups in total. The van der Waals surface area contributed by atoms with Gasteiger partial charge < -0.3 is 10.1 Å². The van der Waals surface area contributed by atoms with E-state index in [4.69, 9.17) is 4.74 Å². The normalized spacial score (nSPS) is 10.8. The van der Waals surface area contributed by atoms with Crippen molar-refractivity contribution in [1.82, 2.24) is 9.97 Å². The van der Waals surface area contributed by atoms with E-state index < -0.39 is 11.7 Å². The Kier molecular flexibility index (Phi) is 6.53. The molecule has 0 aliphatic rings. The third kappa shape index (κ3) is 4.63. The molecule has 5 nitrogen and oxygen atoms in total. The average molecular weight is 381 g/mol. The summed E-state index contributed by atoms with van der Waals surface area (Å²) in [6.45, 7) is 4.37. The molecule has 0 saturated carbocycles. The summed E-state index contributed by atoms with van der Waals surface area (Å²) in [4.78, 5) is 21.3. The van der Waals surface area contributed by atoms with Crippen molar-refractivity contribution >= 4 is 22.6 Å². The van der Waals surface area contributed by atoms with Gasteiger partial charge >= 0.3 is 0 Å². The van der Waals surface area contributed by atoms with Crippen molar-refractivity contribution in [1.29, 1.82) is 0 Å². The largest absolute Gasteiger partial charge is 0.490 e. The lowest BCUT2D eigenvalue weighted by atomic mass is 10.1. The van der Waals surface area contributed by atoms with Gasteiger partial charge in [0.2, 0.25) is 0 Å². The number of unbranched alkanes of at least 4 members (excludes halogenated alkanes) is 3. The predicted octanol–water partition coefficient (Wildman–Crippen LogP) is 5.29. The van der Waals surface area contributed by atoms with Gasteiger partial charge in [-0.3, -0.25) is 9.78 Å². The molecule has 0 aliphatic heterocycles. The second-order valence-corrected chi connectivity index (χ2v) is 6.68. The number of anilines is 1. The first-order valence-electron chi connectivity index (χ1n) is 9.55. The zero-order chi connectivity index (χ0) is 19.9. The molecule has 0 radical (unpaired) electrons. The first-order valence-corrected chi connectivity index (χ1v) is 9.55. The Hall–Kier alpha value is -3.02. The van der Waals surface area contributed by atoms with Crippen molar-refractivity contribution in [3.63, 3.8) is 0 Å². The first-order chi connectivity index (χ1) is 13.6. The maximum Gasteiger partial charge on any atom is 0.274 e. The minimum atomic E-state index is -0.577. The van der Waals surface area contributed by atoms with Crippen molar-refractivity contribution in [2.24, 2.45) is 0 Å². The molecule has 0 atom stereocenters. The van der Waals surface area contributed by atoms with Crippen LogP contribution in [0.4, 0.5) is 10.1 Å². The van der Waals surface area contributed by atoms with Crippen LogP contribution in [0, 0.1) is 12.7 Å². The summed E-state index contributed by atoms with van der Waals surface area (Å²) < 4.78 is 20.2. The predicted molar refractivity (Wildman–Crippen MR) is 108 cm³/mol. The number of hydrogen-bond donors (Lipinski definition) is 1. The topological polar surface area (TPSA) is 64.1 Å². The lowest BCUT2D eigenvalue weighted by Gasteiger charge is -2.12. The number of carbonyl (C=O) groups excluding carboxylic acids is 1. The van der Waals surface area contributed by atoms with E-state index in [0.29, 0.717) is 23.2 Å². The second-order valence-electron chi connectivity index (χ2n) is 6.68. The van der Waals surface area contributed by atoms with Gasteiger partial charge in [-0.15, -0.1) is 0 Å². The van der Waals surface area contributed by atoms with Gasteiger partial charge in [-0.05, 0) is 49.2 Å². The van der Waals surface area contributed by atoms with E-state index >= 15 is 0 Å². The number of halogens is 1. The molecule has 0 saturated heterocycles. The smallest absolute Gasteiger partial charge is 0.274 e. The van der Waals surface area contributed by atoms with Crippen molar-refractivity contribution < 1.29 is 13.9 Å². The van der Waals surface area contributed by atoms with Gasteiger partial charge in [0.1, 0.15) is 5.69 Å². The maximum absolute atomic E-state index is 14.7. The number of carbonyl (C=O) groups is 1. The second kappa shape index (κ2) is 9.26. The molecular formula is C22H24FN3O2. The molecule has 2 heterocycles. The Morgan fingerprint density at radius 2 is 2.00 bits per heavy atom. The molecule has 0 unspecified atom stereocenters. The van der Waals surface area contributed by atoms with E-state index in [1.165, 1.54) is 6.07 Å². The van der Waals surface area contributed by atoms with Crippen LogP contribution in [0.3, 0.4) is 0 Å². The number of aryl methyl sites for hydroxylation is 1. The summed E-state index contributed by atoms with van der Waals surface area (Å²) in [5.41, 5.74) is 2.31. The highest BCUT2D eigenvalue weighted by atomic mass is 19.1. The monoisotopic (exact) mass is 381 g/mol. The van der Waals surface area contributed by atoms with Gasteiger partial charge in [-0.1, -0.05) is 32.3 Å². The van der Waals surface area contributed by atoms with Gasteiger partial charge in [0.25, 0.3) is 5.91 Å². The summed E-state index contributed by atoms with van der Waals surface area (Å²) in [5, 5.41) is 2.61. The highest BCUT2D eigenvalue weighted by Crippen LogP contribution is 2.25. The van der Waals surface area contributed by atoms with Gasteiger partial charge in [0, 0.05) is 6.20 Å². The van der Waals surface area contributed by atoms with Crippen LogP contribution in [0.1, 0.15) is 48.7 Å². The molecule has 2 aromatic heterocycles. The maximum atomic E-state index is 14.7. The van der Waals surface area contributed by atoms with E-state index in [1.54, 1.807) is 43.5 Å². The Bertz CT molecular complexity index is 975. The fourth-order valence-corrected chi connectivity index (χ4v) is 2.94. The molecule has 28 heavy (non-hydrogen) atoms. The standard InChI is InChI=1S/C22H24FN3O2/c1-3-4-5-6-13-28-19-11-7-9-17(20(19)23)26-22(27)21-15(2)14-18-16(25-21)10-8-12-24-18/h7-12,14H,3-6,13H2,1-2H3,(H,26,27). The van der Waals surface area contributed by atoms with Crippen LogP contribution in [-0.2, 0) is 0 Å². The van der Waals surface area contributed by atoms with Crippen LogP contribution in [-0.4, -0.2) is 22.5 Å². The number of amides is 1. The van der Waals surface area contributed by atoms with Gasteiger partial charge in [-0.2, -0.15) is 0 Å².